The lowest BCUT2D eigenvalue weighted by Gasteiger charge is -2.07. The first-order valence-electron chi connectivity index (χ1n) is 3.87. The first kappa shape index (κ1) is 8.40. The van der Waals surface area contributed by atoms with Gasteiger partial charge in [0.15, 0.2) is 5.78 Å². The number of carbonyl (C=O) groups is 2. The van der Waals surface area contributed by atoms with Crippen LogP contribution in [0.2, 0.25) is 0 Å². The predicted molar refractivity (Wildman–Crippen MR) is 39.0 cm³/mol. The van der Waals surface area contributed by atoms with E-state index in [4.69, 9.17) is 5.11 Å². The van der Waals surface area contributed by atoms with Gasteiger partial charge in [0, 0.05) is 6.42 Å². The van der Waals surface area contributed by atoms with E-state index in [2.05, 4.69) is 0 Å². The van der Waals surface area contributed by atoms with Crippen LogP contribution in [0, 0.1) is 5.92 Å². The van der Waals surface area contributed by atoms with Crippen LogP contribution in [0.25, 0.3) is 0 Å². The average Bonchev–Trinajstić information content (AvgIpc) is 2.33. The molecule has 0 aromatic rings. The number of ketones is 2. The largest absolute Gasteiger partial charge is 0.386 e. The molecule has 0 radical (unpaired) electrons. The van der Waals surface area contributed by atoms with Gasteiger partial charge >= 0.3 is 0 Å². The molecule has 2 atom stereocenters. The highest BCUT2D eigenvalue weighted by molar-refractivity contribution is 6.05. The zero-order valence-corrected chi connectivity index (χ0v) is 6.54. The van der Waals surface area contributed by atoms with Gasteiger partial charge in [-0.05, 0) is 19.8 Å². The summed E-state index contributed by atoms with van der Waals surface area (Å²) in [5.41, 5.74) is 0. The maximum Gasteiger partial charge on any atom is 0.171 e. The normalized spacial score (nSPS) is 27.1. The molecule has 0 aromatic carbocycles. The van der Waals surface area contributed by atoms with Crippen molar-refractivity contribution in [3.05, 3.63) is 0 Å². The Bertz CT molecular complexity index is 184. The monoisotopic (exact) mass is 156 g/mol. The number of aliphatic hydroxyl groups excluding tert-OH is 1. The summed E-state index contributed by atoms with van der Waals surface area (Å²) < 4.78 is 0. The van der Waals surface area contributed by atoms with Gasteiger partial charge in [-0.25, -0.2) is 0 Å². The summed E-state index contributed by atoms with van der Waals surface area (Å²) >= 11 is 0. The molecule has 1 aliphatic rings. The molecule has 0 saturated heterocycles. The Morgan fingerprint density at radius 2 is 2.36 bits per heavy atom. The molecule has 1 rings (SSSR count). The molecule has 3 heteroatoms. The van der Waals surface area contributed by atoms with Gasteiger partial charge in [0.2, 0.25) is 0 Å². The van der Waals surface area contributed by atoms with Gasteiger partial charge in [-0.2, -0.15) is 0 Å². The van der Waals surface area contributed by atoms with E-state index in [-0.39, 0.29) is 11.6 Å². The van der Waals surface area contributed by atoms with Crippen LogP contribution in [0.3, 0.4) is 0 Å². The highest BCUT2D eigenvalue weighted by Crippen LogP contribution is 2.22. The van der Waals surface area contributed by atoms with E-state index < -0.39 is 12.0 Å². The molecule has 3 nitrogen and oxygen atoms in total. The molecule has 0 heterocycles. The van der Waals surface area contributed by atoms with Gasteiger partial charge < -0.3 is 5.11 Å². The van der Waals surface area contributed by atoms with Gasteiger partial charge in [0.1, 0.15) is 11.9 Å². The first-order chi connectivity index (χ1) is 5.13. The van der Waals surface area contributed by atoms with Crippen molar-refractivity contribution in [2.24, 2.45) is 5.92 Å². The van der Waals surface area contributed by atoms with Gasteiger partial charge in [0.25, 0.3) is 0 Å². The van der Waals surface area contributed by atoms with Gasteiger partial charge in [-0.3, -0.25) is 9.59 Å². The fraction of sp³-hybridized carbons (Fsp3) is 0.750. The lowest BCUT2D eigenvalue weighted by molar-refractivity contribution is -0.135. The van der Waals surface area contributed by atoms with Crippen molar-refractivity contribution in [2.45, 2.75) is 32.3 Å². The Morgan fingerprint density at radius 1 is 1.73 bits per heavy atom. The number of Topliss-reactive ketones (excluding diaryl/α,β-unsaturated/α-hetero) is 2. The molecule has 0 spiro atoms. The molecule has 0 aliphatic heterocycles. The first-order valence-corrected chi connectivity index (χ1v) is 3.87. The Balaban J connectivity index is 2.60. The quantitative estimate of drug-likeness (QED) is 0.585. The summed E-state index contributed by atoms with van der Waals surface area (Å²) in [5, 5.41) is 8.90. The Morgan fingerprint density at radius 3 is 2.73 bits per heavy atom. The maximum absolute atomic E-state index is 11.1. The Kier molecular flexibility index (Phi) is 2.39. The van der Waals surface area contributed by atoms with Crippen molar-refractivity contribution in [1.29, 1.82) is 0 Å². The molecule has 0 aromatic heterocycles. The zero-order valence-electron chi connectivity index (χ0n) is 6.54. The number of aliphatic hydroxyl groups is 1. The summed E-state index contributed by atoms with van der Waals surface area (Å²) in [5.74, 6) is -0.821. The minimum Gasteiger partial charge on any atom is -0.386 e. The zero-order chi connectivity index (χ0) is 8.43. The van der Waals surface area contributed by atoms with Crippen molar-refractivity contribution < 1.29 is 14.7 Å². The fourth-order valence-corrected chi connectivity index (χ4v) is 1.41. The summed E-state index contributed by atoms with van der Waals surface area (Å²) in [7, 11) is 0. The van der Waals surface area contributed by atoms with Crippen LogP contribution in [0.4, 0.5) is 0 Å². The van der Waals surface area contributed by atoms with Crippen molar-refractivity contribution in [3.8, 4) is 0 Å². The Hall–Kier alpha value is -0.700. The molecule has 2 unspecified atom stereocenters. The molecule has 0 amide bonds. The van der Waals surface area contributed by atoms with E-state index in [1.807, 2.05) is 0 Å². The van der Waals surface area contributed by atoms with E-state index >= 15 is 0 Å². The molecule has 62 valence electrons. The van der Waals surface area contributed by atoms with Crippen molar-refractivity contribution in [2.75, 3.05) is 0 Å². The molecular formula is C8H12O3. The SMILES string of the molecule is CC(O)C(=O)C1CCCC1=O. The highest BCUT2D eigenvalue weighted by atomic mass is 16.3. The van der Waals surface area contributed by atoms with Crippen LogP contribution >= 0.6 is 0 Å². The highest BCUT2D eigenvalue weighted by Gasteiger charge is 2.32. The van der Waals surface area contributed by atoms with Crippen LogP contribution < -0.4 is 0 Å². The number of carbonyl (C=O) groups excluding carboxylic acids is 2. The van der Waals surface area contributed by atoms with Gasteiger partial charge in [-0.15, -0.1) is 0 Å². The van der Waals surface area contributed by atoms with Crippen molar-refractivity contribution in [3.63, 3.8) is 0 Å². The van der Waals surface area contributed by atoms with E-state index in [0.29, 0.717) is 12.8 Å². The minimum atomic E-state index is -0.984. The van der Waals surface area contributed by atoms with Crippen molar-refractivity contribution in [1.82, 2.24) is 0 Å². The summed E-state index contributed by atoms with van der Waals surface area (Å²) in [6, 6.07) is 0. The number of hydrogen-bond acceptors (Lipinski definition) is 3. The third-order valence-corrected chi connectivity index (χ3v) is 2.06. The predicted octanol–water partition coefficient (Wildman–Crippen LogP) is 0.305. The molecular weight excluding hydrogens is 144 g/mol. The average molecular weight is 156 g/mol. The summed E-state index contributed by atoms with van der Waals surface area (Å²) in [6.07, 6.45) is 0.940. The number of hydrogen-bond donors (Lipinski definition) is 1. The molecule has 1 N–H and O–H groups in total. The summed E-state index contributed by atoms with van der Waals surface area (Å²) in [6.45, 7) is 1.41. The van der Waals surface area contributed by atoms with E-state index in [1.165, 1.54) is 6.92 Å². The molecule has 11 heavy (non-hydrogen) atoms. The molecule has 0 bridgehead atoms. The van der Waals surface area contributed by atoms with Crippen LogP contribution in [-0.2, 0) is 9.59 Å². The van der Waals surface area contributed by atoms with Gasteiger partial charge in [0.05, 0.1) is 5.92 Å². The smallest absolute Gasteiger partial charge is 0.171 e. The minimum absolute atomic E-state index is 0.00380. The lowest BCUT2D eigenvalue weighted by Crippen LogP contribution is -2.28. The van der Waals surface area contributed by atoms with Crippen molar-refractivity contribution >= 4 is 11.6 Å². The van der Waals surface area contributed by atoms with Crippen LogP contribution in [0.1, 0.15) is 26.2 Å². The van der Waals surface area contributed by atoms with Crippen LogP contribution in [0.5, 0.6) is 0 Å². The van der Waals surface area contributed by atoms with E-state index in [0.717, 1.165) is 6.42 Å². The van der Waals surface area contributed by atoms with Crippen LogP contribution in [-0.4, -0.2) is 22.8 Å². The topological polar surface area (TPSA) is 54.4 Å². The molecule has 1 aliphatic carbocycles. The van der Waals surface area contributed by atoms with E-state index in [1.54, 1.807) is 0 Å². The number of rotatable bonds is 2. The second-order valence-electron chi connectivity index (χ2n) is 2.99. The second-order valence-corrected chi connectivity index (χ2v) is 2.99. The second kappa shape index (κ2) is 3.13. The lowest BCUT2D eigenvalue weighted by atomic mass is 9.98. The van der Waals surface area contributed by atoms with Gasteiger partial charge in [-0.1, -0.05) is 0 Å². The van der Waals surface area contributed by atoms with Crippen LogP contribution in [0.15, 0.2) is 0 Å². The third-order valence-electron chi connectivity index (χ3n) is 2.06. The fourth-order valence-electron chi connectivity index (χ4n) is 1.41. The van der Waals surface area contributed by atoms with E-state index in [9.17, 15) is 9.59 Å². The summed E-state index contributed by atoms with van der Waals surface area (Å²) in [4.78, 5) is 22.1. The standard InChI is InChI=1S/C8H12O3/c1-5(9)8(11)6-3-2-4-7(6)10/h5-6,9H,2-4H2,1H3. The maximum atomic E-state index is 11.1. The molecule has 1 fully saturated rings. The molecule has 1 saturated carbocycles. The third kappa shape index (κ3) is 1.66. The Labute approximate surface area is 65.4 Å².